The number of hydrogen-bond acceptors (Lipinski definition) is 5. The van der Waals surface area contributed by atoms with Crippen molar-refractivity contribution in [1.29, 1.82) is 0 Å². The Morgan fingerprint density at radius 2 is 2.39 bits per heavy atom. The van der Waals surface area contributed by atoms with Crippen molar-refractivity contribution in [2.45, 2.75) is 19.9 Å². The van der Waals surface area contributed by atoms with Crippen LogP contribution in [-0.2, 0) is 13.0 Å². The maximum absolute atomic E-state index is 6.11. The Kier molecular flexibility index (Phi) is 3.09. The summed E-state index contributed by atoms with van der Waals surface area (Å²) in [6, 6.07) is 3.91. The van der Waals surface area contributed by atoms with E-state index in [1.54, 1.807) is 0 Å². The molecule has 2 heterocycles. The highest BCUT2D eigenvalue weighted by atomic mass is 35.5. The van der Waals surface area contributed by atoms with Crippen LogP contribution < -0.4 is 10.1 Å². The van der Waals surface area contributed by atoms with Crippen molar-refractivity contribution in [2.24, 2.45) is 0 Å². The monoisotopic (exact) mass is 281 g/mol. The fraction of sp³-hybridized carbons (Fsp3) is 0.333. The minimum atomic E-state index is 0.650. The molecule has 0 amide bonds. The highest BCUT2D eigenvalue weighted by molar-refractivity contribution is 7.09. The van der Waals surface area contributed by atoms with Gasteiger partial charge in [0.15, 0.2) is 0 Å². The summed E-state index contributed by atoms with van der Waals surface area (Å²) in [6.45, 7) is 3.26. The van der Waals surface area contributed by atoms with Gasteiger partial charge in [-0.15, -0.1) is 0 Å². The number of halogens is 1. The molecular formula is C12H12ClN3OS. The number of anilines is 1. The lowest BCUT2D eigenvalue weighted by Gasteiger charge is -2.09. The molecule has 1 N–H and O–H groups in total. The number of benzene rings is 1. The third-order valence-electron chi connectivity index (χ3n) is 2.78. The summed E-state index contributed by atoms with van der Waals surface area (Å²) in [7, 11) is 0. The van der Waals surface area contributed by atoms with E-state index in [4.69, 9.17) is 16.3 Å². The quantitative estimate of drug-likeness (QED) is 0.939. The predicted molar refractivity (Wildman–Crippen MR) is 72.6 cm³/mol. The van der Waals surface area contributed by atoms with Crippen LogP contribution in [0, 0.1) is 6.92 Å². The van der Waals surface area contributed by atoms with Crippen LogP contribution >= 0.6 is 23.1 Å². The van der Waals surface area contributed by atoms with Crippen molar-refractivity contribution in [3.8, 4) is 5.75 Å². The number of fused-ring (bicyclic) bond motifs is 1. The molecule has 3 rings (SSSR count). The minimum Gasteiger partial charge on any atom is -0.493 e. The summed E-state index contributed by atoms with van der Waals surface area (Å²) in [5.74, 6) is 1.75. The summed E-state index contributed by atoms with van der Waals surface area (Å²) >= 11 is 7.47. The van der Waals surface area contributed by atoms with Gasteiger partial charge in [0.25, 0.3) is 0 Å². The first kappa shape index (κ1) is 11.7. The van der Waals surface area contributed by atoms with Crippen molar-refractivity contribution in [3.05, 3.63) is 34.1 Å². The number of aromatic nitrogens is 2. The fourth-order valence-corrected chi connectivity index (χ4v) is 2.85. The van der Waals surface area contributed by atoms with E-state index in [1.165, 1.54) is 17.1 Å². The zero-order chi connectivity index (χ0) is 12.5. The molecular weight excluding hydrogens is 270 g/mol. The number of nitrogens with zero attached hydrogens (tertiary/aromatic N) is 2. The smallest absolute Gasteiger partial charge is 0.202 e. The van der Waals surface area contributed by atoms with Gasteiger partial charge < -0.3 is 10.1 Å². The van der Waals surface area contributed by atoms with Crippen molar-refractivity contribution < 1.29 is 4.74 Å². The van der Waals surface area contributed by atoms with Gasteiger partial charge in [-0.2, -0.15) is 4.37 Å². The molecule has 1 aliphatic rings. The van der Waals surface area contributed by atoms with Crippen molar-refractivity contribution in [1.82, 2.24) is 9.36 Å². The topological polar surface area (TPSA) is 47.0 Å². The molecule has 0 saturated heterocycles. The van der Waals surface area contributed by atoms with E-state index < -0.39 is 0 Å². The normalized spacial score (nSPS) is 13.2. The van der Waals surface area contributed by atoms with E-state index in [-0.39, 0.29) is 0 Å². The Morgan fingerprint density at radius 3 is 3.17 bits per heavy atom. The Labute approximate surface area is 114 Å². The number of rotatable bonds is 3. The first-order valence-corrected chi connectivity index (χ1v) is 6.86. The third-order valence-corrected chi connectivity index (χ3v) is 3.77. The maximum Gasteiger partial charge on any atom is 0.202 e. The van der Waals surface area contributed by atoms with E-state index in [9.17, 15) is 0 Å². The first-order valence-electron chi connectivity index (χ1n) is 5.70. The molecule has 1 aliphatic heterocycles. The summed E-state index contributed by atoms with van der Waals surface area (Å²) in [5, 5.41) is 4.82. The SMILES string of the molecule is Cc1nsc(NCc2cc(Cl)cc3c2OCC3)n1. The van der Waals surface area contributed by atoms with Gasteiger partial charge >= 0.3 is 0 Å². The second-order valence-electron chi connectivity index (χ2n) is 4.15. The van der Waals surface area contributed by atoms with Crippen molar-refractivity contribution in [2.75, 3.05) is 11.9 Å². The molecule has 1 aromatic heterocycles. The van der Waals surface area contributed by atoms with Crippen LogP contribution in [-0.4, -0.2) is 16.0 Å². The van der Waals surface area contributed by atoms with E-state index >= 15 is 0 Å². The zero-order valence-electron chi connectivity index (χ0n) is 9.86. The molecule has 2 aromatic rings. The maximum atomic E-state index is 6.11. The van der Waals surface area contributed by atoms with Gasteiger partial charge in [-0.3, -0.25) is 0 Å². The van der Waals surface area contributed by atoms with Crippen LogP contribution in [0.3, 0.4) is 0 Å². The first-order chi connectivity index (χ1) is 8.72. The molecule has 0 radical (unpaired) electrons. The molecule has 0 saturated carbocycles. The number of nitrogens with one attached hydrogen (secondary N) is 1. The molecule has 0 fully saturated rings. The second kappa shape index (κ2) is 4.74. The molecule has 1 aromatic carbocycles. The zero-order valence-corrected chi connectivity index (χ0v) is 11.4. The van der Waals surface area contributed by atoms with Crippen molar-refractivity contribution in [3.63, 3.8) is 0 Å². The number of ether oxygens (including phenoxy) is 1. The number of aryl methyl sites for hydroxylation is 1. The van der Waals surface area contributed by atoms with E-state index in [2.05, 4.69) is 14.7 Å². The summed E-state index contributed by atoms with van der Waals surface area (Å²) in [5.41, 5.74) is 2.26. The standard InChI is InChI=1S/C12H12ClN3OS/c1-7-15-12(18-16-7)14-6-9-5-10(13)4-8-2-3-17-11(8)9/h4-5H,2-3,6H2,1H3,(H,14,15,16). The van der Waals surface area contributed by atoms with Crippen LogP contribution in [0.5, 0.6) is 5.75 Å². The third kappa shape index (κ3) is 2.28. The highest BCUT2D eigenvalue weighted by Crippen LogP contribution is 2.33. The van der Waals surface area contributed by atoms with Gasteiger partial charge in [0.05, 0.1) is 6.61 Å². The molecule has 0 aliphatic carbocycles. The highest BCUT2D eigenvalue weighted by Gasteiger charge is 2.17. The van der Waals surface area contributed by atoms with Crippen molar-refractivity contribution >= 4 is 28.3 Å². The summed E-state index contributed by atoms with van der Waals surface area (Å²) < 4.78 is 9.78. The Balaban J connectivity index is 1.80. The average molecular weight is 282 g/mol. The van der Waals surface area contributed by atoms with E-state index in [0.29, 0.717) is 6.54 Å². The van der Waals surface area contributed by atoms with Crippen LogP contribution in [0.15, 0.2) is 12.1 Å². The number of hydrogen-bond donors (Lipinski definition) is 1. The van der Waals surface area contributed by atoms with Gasteiger partial charge in [0.1, 0.15) is 11.6 Å². The Hall–Kier alpha value is -1.33. The van der Waals surface area contributed by atoms with Gasteiger partial charge in [0, 0.05) is 35.1 Å². The van der Waals surface area contributed by atoms with Crippen LogP contribution in [0.25, 0.3) is 0 Å². The predicted octanol–water partition coefficient (Wildman–Crippen LogP) is 3.05. The van der Waals surface area contributed by atoms with Crippen LogP contribution in [0.1, 0.15) is 17.0 Å². The second-order valence-corrected chi connectivity index (χ2v) is 5.34. The molecule has 0 atom stereocenters. The van der Waals surface area contributed by atoms with Crippen LogP contribution in [0.4, 0.5) is 5.13 Å². The average Bonchev–Trinajstić information content (AvgIpc) is 2.94. The summed E-state index contributed by atoms with van der Waals surface area (Å²) in [6.07, 6.45) is 0.931. The van der Waals surface area contributed by atoms with E-state index in [0.717, 1.165) is 40.3 Å². The molecule has 0 spiro atoms. The lowest BCUT2D eigenvalue weighted by molar-refractivity contribution is 0.354. The molecule has 0 unspecified atom stereocenters. The van der Waals surface area contributed by atoms with E-state index in [1.807, 2.05) is 19.1 Å². The fourth-order valence-electron chi connectivity index (χ4n) is 2.02. The summed E-state index contributed by atoms with van der Waals surface area (Å²) in [4.78, 5) is 4.26. The molecule has 94 valence electrons. The lowest BCUT2D eigenvalue weighted by atomic mass is 10.1. The Bertz CT molecular complexity index is 585. The van der Waals surface area contributed by atoms with Gasteiger partial charge in [0.2, 0.25) is 5.13 Å². The van der Waals surface area contributed by atoms with Gasteiger partial charge in [-0.05, 0) is 24.6 Å². The molecule has 18 heavy (non-hydrogen) atoms. The van der Waals surface area contributed by atoms with Gasteiger partial charge in [-0.1, -0.05) is 11.6 Å². The molecule has 0 bridgehead atoms. The molecule has 6 heteroatoms. The van der Waals surface area contributed by atoms with Crippen LogP contribution in [0.2, 0.25) is 5.02 Å². The Morgan fingerprint density at radius 1 is 1.50 bits per heavy atom. The molecule has 4 nitrogen and oxygen atoms in total. The largest absolute Gasteiger partial charge is 0.493 e. The minimum absolute atomic E-state index is 0.650. The van der Waals surface area contributed by atoms with Gasteiger partial charge in [-0.25, -0.2) is 4.98 Å². The lowest BCUT2D eigenvalue weighted by Crippen LogP contribution is -2.01.